The molecule has 0 atom stereocenters. The average molecular weight is 270 g/mol. The molecule has 0 radical (unpaired) electrons. The second-order valence-electron chi connectivity index (χ2n) is 4.71. The Morgan fingerprint density at radius 2 is 1.61 bits per heavy atom. The van der Waals surface area contributed by atoms with Crippen molar-refractivity contribution < 1.29 is 13.6 Å². The van der Waals surface area contributed by atoms with E-state index in [9.17, 15) is 4.57 Å². The number of hydrogen-bond donors (Lipinski definition) is 0. The Morgan fingerprint density at radius 1 is 1.11 bits per heavy atom. The third kappa shape index (κ3) is 2.85. The van der Waals surface area contributed by atoms with Gasteiger partial charge in [-0.15, -0.1) is 0 Å². The molecule has 18 heavy (non-hydrogen) atoms. The van der Waals surface area contributed by atoms with Gasteiger partial charge in [0.1, 0.15) is 0 Å². The maximum atomic E-state index is 12.9. The van der Waals surface area contributed by atoms with Gasteiger partial charge in [-0.05, 0) is 45.7 Å². The molecule has 0 bridgehead atoms. The van der Waals surface area contributed by atoms with Crippen molar-refractivity contribution in [2.24, 2.45) is 0 Å². The first kappa shape index (κ1) is 15.4. The van der Waals surface area contributed by atoms with Gasteiger partial charge in [0.15, 0.2) is 0 Å². The van der Waals surface area contributed by atoms with Gasteiger partial charge in [0.25, 0.3) is 0 Å². The lowest BCUT2D eigenvalue weighted by atomic mass is 9.97. The lowest BCUT2D eigenvalue weighted by Gasteiger charge is -2.34. The summed E-state index contributed by atoms with van der Waals surface area (Å²) in [6.45, 7) is 10.3. The van der Waals surface area contributed by atoms with E-state index in [1.54, 1.807) is 0 Å². The molecular weight excluding hydrogens is 247 g/mol. The number of rotatable bonds is 6. The van der Waals surface area contributed by atoms with E-state index < -0.39 is 12.8 Å². The largest absolute Gasteiger partial charge is 0.340 e. The summed E-state index contributed by atoms with van der Waals surface area (Å²) >= 11 is 0. The lowest BCUT2D eigenvalue weighted by Crippen LogP contribution is -2.22. The van der Waals surface area contributed by atoms with Crippen molar-refractivity contribution in [3.8, 4) is 0 Å². The first-order valence-electron chi connectivity index (χ1n) is 6.34. The Kier molecular flexibility index (Phi) is 5.15. The molecule has 0 aliphatic carbocycles. The molecule has 0 N–H and O–H groups in total. The minimum absolute atomic E-state index is 0.382. The van der Waals surface area contributed by atoms with Crippen molar-refractivity contribution in [2.45, 2.75) is 39.8 Å². The van der Waals surface area contributed by atoms with Gasteiger partial charge in [0.05, 0.1) is 18.4 Å². The van der Waals surface area contributed by atoms with Crippen LogP contribution in [0.1, 0.15) is 38.8 Å². The van der Waals surface area contributed by atoms with Gasteiger partial charge >= 0.3 is 7.60 Å². The summed E-state index contributed by atoms with van der Waals surface area (Å²) in [6, 6.07) is 7.92. The van der Waals surface area contributed by atoms with Crippen molar-refractivity contribution in [3.05, 3.63) is 35.4 Å². The lowest BCUT2D eigenvalue weighted by molar-refractivity contribution is 0.200. The zero-order chi connectivity index (χ0) is 13.8. The van der Waals surface area contributed by atoms with Crippen LogP contribution in [0.4, 0.5) is 0 Å². The van der Waals surface area contributed by atoms with Crippen molar-refractivity contribution in [3.63, 3.8) is 0 Å². The van der Waals surface area contributed by atoms with Crippen molar-refractivity contribution in [2.75, 3.05) is 13.2 Å². The van der Waals surface area contributed by atoms with E-state index in [0.29, 0.717) is 13.2 Å². The molecule has 4 heteroatoms. The first-order chi connectivity index (χ1) is 8.39. The van der Waals surface area contributed by atoms with E-state index in [-0.39, 0.29) is 0 Å². The monoisotopic (exact) mass is 270 g/mol. The predicted octanol–water partition coefficient (Wildman–Crippen LogP) is 4.50. The second kappa shape index (κ2) is 6.01. The highest BCUT2D eigenvalue weighted by atomic mass is 31.2. The van der Waals surface area contributed by atoms with Crippen LogP contribution in [-0.2, 0) is 18.8 Å². The van der Waals surface area contributed by atoms with Crippen LogP contribution in [0.2, 0.25) is 0 Å². The molecule has 0 heterocycles. The summed E-state index contributed by atoms with van der Waals surface area (Å²) < 4.78 is 23.9. The van der Waals surface area contributed by atoms with Crippen LogP contribution in [0.5, 0.6) is 0 Å². The molecule has 0 aromatic heterocycles. The van der Waals surface area contributed by atoms with Crippen molar-refractivity contribution >= 4 is 7.60 Å². The smallest absolute Gasteiger partial charge is 0.308 e. The minimum Gasteiger partial charge on any atom is -0.308 e. The molecule has 1 rings (SSSR count). The highest BCUT2D eigenvalue weighted by Gasteiger charge is 2.45. The van der Waals surface area contributed by atoms with Crippen molar-refractivity contribution in [1.29, 1.82) is 0 Å². The standard InChI is InChI=1S/C14H23O3P/c1-6-16-18(15,17-7-2)14(4,5)13-11-9-8-10-12(13)3/h8-11H,6-7H2,1-5H3. The maximum absolute atomic E-state index is 12.9. The molecule has 1 aromatic carbocycles. The van der Waals surface area contributed by atoms with Gasteiger partial charge in [0.2, 0.25) is 0 Å². The Labute approximate surface area is 110 Å². The highest BCUT2D eigenvalue weighted by molar-refractivity contribution is 7.55. The van der Waals surface area contributed by atoms with Crippen LogP contribution in [0.15, 0.2) is 24.3 Å². The van der Waals surface area contributed by atoms with Gasteiger partial charge < -0.3 is 9.05 Å². The molecular formula is C14H23O3P. The van der Waals surface area contributed by atoms with Crippen LogP contribution in [0, 0.1) is 6.92 Å². The Hall–Kier alpha value is -0.630. The summed E-state index contributed by atoms with van der Waals surface area (Å²) in [5.74, 6) is 0. The van der Waals surface area contributed by atoms with Crippen LogP contribution < -0.4 is 0 Å². The molecule has 0 aliphatic rings. The quantitative estimate of drug-likeness (QED) is 0.714. The minimum atomic E-state index is -3.17. The summed E-state index contributed by atoms with van der Waals surface area (Å²) in [7, 11) is -3.17. The van der Waals surface area contributed by atoms with E-state index in [1.807, 2.05) is 58.9 Å². The third-order valence-electron chi connectivity index (χ3n) is 3.09. The molecule has 0 saturated heterocycles. The van der Waals surface area contributed by atoms with Crippen LogP contribution in [-0.4, -0.2) is 13.2 Å². The van der Waals surface area contributed by atoms with Gasteiger partial charge in [-0.25, -0.2) is 0 Å². The van der Waals surface area contributed by atoms with Crippen LogP contribution >= 0.6 is 7.60 Å². The SMILES string of the molecule is CCOP(=O)(OCC)C(C)(C)c1ccccc1C. The fourth-order valence-electron chi connectivity index (χ4n) is 2.11. The fourth-order valence-corrected chi connectivity index (χ4v) is 4.05. The number of hydrogen-bond acceptors (Lipinski definition) is 3. The van der Waals surface area contributed by atoms with Gasteiger partial charge in [-0.2, -0.15) is 0 Å². The molecule has 0 aliphatic heterocycles. The molecule has 102 valence electrons. The number of aryl methyl sites for hydroxylation is 1. The third-order valence-corrected chi connectivity index (χ3v) is 5.89. The van der Waals surface area contributed by atoms with E-state index in [2.05, 4.69) is 0 Å². The van der Waals surface area contributed by atoms with E-state index in [0.717, 1.165) is 11.1 Å². The van der Waals surface area contributed by atoms with Gasteiger partial charge in [0, 0.05) is 0 Å². The number of benzene rings is 1. The molecule has 3 nitrogen and oxygen atoms in total. The highest BCUT2D eigenvalue weighted by Crippen LogP contribution is 2.64. The Bertz CT molecular complexity index is 430. The molecule has 0 saturated carbocycles. The normalized spacial score (nSPS) is 12.7. The molecule has 0 fully saturated rings. The first-order valence-corrected chi connectivity index (χ1v) is 7.88. The molecule has 0 unspecified atom stereocenters. The fraction of sp³-hybridized carbons (Fsp3) is 0.571. The second-order valence-corrected chi connectivity index (χ2v) is 7.34. The average Bonchev–Trinajstić information content (AvgIpc) is 2.29. The molecule has 0 amide bonds. The van der Waals surface area contributed by atoms with Crippen molar-refractivity contribution in [1.82, 2.24) is 0 Å². The van der Waals surface area contributed by atoms with Gasteiger partial charge in [-0.1, -0.05) is 24.3 Å². The summed E-state index contributed by atoms with van der Waals surface area (Å²) in [4.78, 5) is 0. The summed E-state index contributed by atoms with van der Waals surface area (Å²) in [5.41, 5.74) is 2.11. The maximum Gasteiger partial charge on any atom is 0.340 e. The Morgan fingerprint density at radius 3 is 2.06 bits per heavy atom. The topological polar surface area (TPSA) is 35.5 Å². The van der Waals surface area contributed by atoms with Gasteiger partial charge in [-0.3, -0.25) is 4.57 Å². The Balaban J connectivity index is 3.25. The summed E-state index contributed by atoms with van der Waals surface area (Å²) in [5, 5.41) is -0.648. The predicted molar refractivity (Wildman–Crippen MR) is 75.1 cm³/mol. The van der Waals surface area contributed by atoms with E-state index in [1.165, 1.54) is 0 Å². The molecule has 0 spiro atoms. The zero-order valence-electron chi connectivity index (χ0n) is 11.9. The van der Waals surface area contributed by atoms with Crippen LogP contribution in [0.25, 0.3) is 0 Å². The summed E-state index contributed by atoms with van der Waals surface area (Å²) in [6.07, 6.45) is 0. The van der Waals surface area contributed by atoms with E-state index >= 15 is 0 Å². The van der Waals surface area contributed by atoms with Crippen LogP contribution in [0.3, 0.4) is 0 Å². The van der Waals surface area contributed by atoms with E-state index in [4.69, 9.17) is 9.05 Å². The zero-order valence-corrected chi connectivity index (χ0v) is 12.8. The molecule has 1 aromatic rings.